The summed E-state index contributed by atoms with van der Waals surface area (Å²) in [5.74, 6) is 1.10. The molecule has 0 amide bonds. The third-order valence-corrected chi connectivity index (χ3v) is 3.51. The van der Waals surface area contributed by atoms with E-state index in [1.54, 1.807) is 11.8 Å². The minimum Gasteiger partial charge on any atom is -0.468 e. The van der Waals surface area contributed by atoms with Gasteiger partial charge >= 0.3 is 5.97 Å². The van der Waals surface area contributed by atoms with Crippen molar-refractivity contribution in [3.05, 3.63) is 35.4 Å². The number of carbonyl (C=O) groups is 1. The van der Waals surface area contributed by atoms with Crippen LogP contribution < -0.4 is 0 Å². The molecule has 0 aliphatic heterocycles. The SMILES string of the molecule is COC(=O)CSCc1ccc(C(C)(C)C)cc1. The summed E-state index contributed by atoms with van der Waals surface area (Å²) in [4.78, 5) is 10.9. The van der Waals surface area contributed by atoms with Crippen molar-refractivity contribution >= 4 is 17.7 Å². The third kappa shape index (κ3) is 4.82. The van der Waals surface area contributed by atoms with Crippen LogP contribution in [0.25, 0.3) is 0 Å². The summed E-state index contributed by atoms with van der Waals surface area (Å²) < 4.78 is 4.59. The van der Waals surface area contributed by atoms with Crippen LogP contribution in [-0.4, -0.2) is 18.8 Å². The van der Waals surface area contributed by atoms with E-state index in [-0.39, 0.29) is 11.4 Å². The molecule has 3 heteroatoms. The number of thioether (sulfide) groups is 1. The summed E-state index contributed by atoms with van der Waals surface area (Å²) in [6, 6.07) is 8.58. The van der Waals surface area contributed by atoms with Gasteiger partial charge in [-0.05, 0) is 16.5 Å². The smallest absolute Gasteiger partial charge is 0.315 e. The van der Waals surface area contributed by atoms with Gasteiger partial charge in [0.25, 0.3) is 0 Å². The first-order valence-corrected chi connectivity index (χ1v) is 6.83. The standard InChI is InChI=1S/C14H20O2S/c1-14(2,3)12-7-5-11(6-8-12)9-17-10-13(15)16-4/h5-8H,9-10H2,1-4H3. The van der Waals surface area contributed by atoms with Gasteiger partial charge in [-0.1, -0.05) is 45.0 Å². The number of rotatable bonds is 4. The Morgan fingerprint density at radius 2 is 1.82 bits per heavy atom. The predicted molar refractivity (Wildman–Crippen MR) is 73.3 cm³/mol. The van der Waals surface area contributed by atoms with E-state index >= 15 is 0 Å². The van der Waals surface area contributed by atoms with Crippen LogP contribution in [0.3, 0.4) is 0 Å². The summed E-state index contributed by atoms with van der Waals surface area (Å²) in [7, 11) is 1.42. The molecule has 0 radical (unpaired) electrons. The zero-order valence-corrected chi connectivity index (χ0v) is 11.8. The summed E-state index contributed by atoms with van der Waals surface area (Å²) in [6.45, 7) is 6.61. The second-order valence-electron chi connectivity index (χ2n) is 5.02. The Bertz CT molecular complexity index is 363. The molecular formula is C14H20O2S. The van der Waals surface area contributed by atoms with Crippen LogP contribution >= 0.6 is 11.8 Å². The molecule has 0 heterocycles. The zero-order valence-electron chi connectivity index (χ0n) is 10.9. The van der Waals surface area contributed by atoms with Gasteiger partial charge in [0, 0.05) is 5.75 Å². The number of esters is 1. The Morgan fingerprint density at radius 1 is 1.24 bits per heavy atom. The average Bonchev–Trinajstić information content (AvgIpc) is 2.28. The maximum atomic E-state index is 10.9. The molecule has 1 aromatic carbocycles. The Hall–Kier alpha value is -0.960. The lowest BCUT2D eigenvalue weighted by Crippen LogP contribution is -2.10. The lowest BCUT2D eigenvalue weighted by Gasteiger charge is -2.19. The van der Waals surface area contributed by atoms with Gasteiger partial charge in [-0.2, -0.15) is 0 Å². The lowest BCUT2D eigenvalue weighted by molar-refractivity contribution is -0.137. The maximum absolute atomic E-state index is 10.9. The number of carbonyl (C=O) groups excluding carboxylic acids is 1. The summed E-state index contributed by atoms with van der Waals surface area (Å²) in [5.41, 5.74) is 2.77. The lowest BCUT2D eigenvalue weighted by atomic mass is 9.87. The highest BCUT2D eigenvalue weighted by molar-refractivity contribution is 7.99. The molecule has 0 aliphatic rings. The fraction of sp³-hybridized carbons (Fsp3) is 0.500. The number of methoxy groups -OCH3 is 1. The Labute approximate surface area is 108 Å². The van der Waals surface area contributed by atoms with Gasteiger partial charge in [0.2, 0.25) is 0 Å². The monoisotopic (exact) mass is 252 g/mol. The van der Waals surface area contributed by atoms with Crippen molar-refractivity contribution in [2.45, 2.75) is 31.9 Å². The van der Waals surface area contributed by atoms with Crippen LogP contribution in [0.5, 0.6) is 0 Å². The molecule has 0 aliphatic carbocycles. The van der Waals surface area contributed by atoms with Crippen LogP contribution in [0.15, 0.2) is 24.3 Å². The Kier molecular flexibility index (Phi) is 5.06. The van der Waals surface area contributed by atoms with Crippen LogP contribution in [0.4, 0.5) is 0 Å². The molecular weight excluding hydrogens is 232 g/mol. The van der Waals surface area contributed by atoms with E-state index in [1.165, 1.54) is 18.2 Å². The molecule has 0 atom stereocenters. The molecule has 0 bridgehead atoms. The van der Waals surface area contributed by atoms with Gasteiger partial charge < -0.3 is 4.74 Å². The number of benzene rings is 1. The van der Waals surface area contributed by atoms with Crippen molar-refractivity contribution in [2.75, 3.05) is 12.9 Å². The summed E-state index contributed by atoms with van der Waals surface area (Å²) in [6.07, 6.45) is 0. The van der Waals surface area contributed by atoms with Crippen LogP contribution in [0.2, 0.25) is 0 Å². The molecule has 0 fully saturated rings. The van der Waals surface area contributed by atoms with Gasteiger partial charge in [-0.3, -0.25) is 4.79 Å². The van der Waals surface area contributed by atoms with Crippen molar-refractivity contribution in [1.29, 1.82) is 0 Å². The Balaban J connectivity index is 2.49. The first-order chi connectivity index (χ1) is 7.93. The van der Waals surface area contributed by atoms with Crippen LogP contribution in [0, 0.1) is 0 Å². The van der Waals surface area contributed by atoms with Gasteiger partial charge in [0.05, 0.1) is 12.9 Å². The van der Waals surface area contributed by atoms with Crippen molar-refractivity contribution < 1.29 is 9.53 Å². The molecule has 17 heavy (non-hydrogen) atoms. The molecule has 0 spiro atoms. The van der Waals surface area contributed by atoms with Crippen molar-refractivity contribution in [2.24, 2.45) is 0 Å². The molecule has 0 aromatic heterocycles. The molecule has 1 rings (SSSR count). The number of ether oxygens (including phenoxy) is 1. The second kappa shape index (κ2) is 6.10. The van der Waals surface area contributed by atoms with E-state index in [9.17, 15) is 4.79 Å². The van der Waals surface area contributed by atoms with Crippen molar-refractivity contribution in [3.8, 4) is 0 Å². The summed E-state index contributed by atoms with van der Waals surface area (Å²) >= 11 is 1.58. The largest absolute Gasteiger partial charge is 0.468 e. The molecule has 94 valence electrons. The first-order valence-electron chi connectivity index (χ1n) is 5.67. The predicted octanol–water partition coefficient (Wildman–Crippen LogP) is 3.39. The minimum absolute atomic E-state index is 0.165. The van der Waals surface area contributed by atoms with Gasteiger partial charge in [-0.15, -0.1) is 11.8 Å². The first kappa shape index (κ1) is 14.1. The number of hydrogen-bond acceptors (Lipinski definition) is 3. The fourth-order valence-electron chi connectivity index (χ4n) is 1.41. The second-order valence-corrected chi connectivity index (χ2v) is 6.00. The van der Waals surface area contributed by atoms with Crippen molar-refractivity contribution in [3.63, 3.8) is 0 Å². The van der Waals surface area contributed by atoms with Gasteiger partial charge in [-0.25, -0.2) is 0 Å². The van der Waals surface area contributed by atoms with E-state index in [0.29, 0.717) is 5.75 Å². The molecule has 1 aromatic rings. The average molecular weight is 252 g/mol. The van der Waals surface area contributed by atoms with E-state index in [0.717, 1.165) is 5.75 Å². The maximum Gasteiger partial charge on any atom is 0.315 e. The number of hydrogen-bond donors (Lipinski definition) is 0. The molecule has 0 saturated carbocycles. The third-order valence-electron chi connectivity index (χ3n) is 2.54. The Morgan fingerprint density at radius 3 is 2.29 bits per heavy atom. The van der Waals surface area contributed by atoms with E-state index < -0.39 is 0 Å². The minimum atomic E-state index is -0.165. The molecule has 2 nitrogen and oxygen atoms in total. The quantitative estimate of drug-likeness (QED) is 0.768. The molecule has 0 N–H and O–H groups in total. The zero-order chi connectivity index (χ0) is 12.9. The van der Waals surface area contributed by atoms with Gasteiger partial charge in [0.15, 0.2) is 0 Å². The van der Waals surface area contributed by atoms with E-state index in [1.807, 2.05) is 0 Å². The van der Waals surface area contributed by atoms with Crippen molar-refractivity contribution in [1.82, 2.24) is 0 Å². The summed E-state index contributed by atoms with van der Waals surface area (Å²) in [5, 5.41) is 0. The highest BCUT2D eigenvalue weighted by atomic mass is 32.2. The van der Waals surface area contributed by atoms with Crippen LogP contribution in [0.1, 0.15) is 31.9 Å². The highest BCUT2D eigenvalue weighted by Gasteiger charge is 2.12. The highest BCUT2D eigenvalue weighted by Crippen LogP contribution is 2.23. The molecule has 0 unspecified atom stereocenters. The topological polar surface area (TPSA) is 26.3 Å². The molecule has 0 saturated heterocycles. The van der Waals surface area contributed by atoms with Crippen LogP contribution in [-0.2, 0) is 20.7 Å². The fourth-order valence-corrected chi connectivity index (χ4v) is 2.23. The van der Waals surface area contributed by atoms with E-state index in [4.69, 9.17) is 0 Å². The normalized spacial score (nSPS) is 11.3. The van der Waals surface area contributed by atoms with E-state index in [2.05, 4.69) is 49.8 Å². The van der Waals surface area contributed by atoms with Gasteiger partial charge in [0.1, 0.15) is 0 Å².